The molecular formula is C17H22N8O. The summed E-state index contributed by atoms with van der Waals surface area (Å²) >= 11 is 0. The lowest BCUT2D eigenvalue weighted by molar-refractivity contribution is 0.339. The van der Waals surface area contributed by atoms with Gasteiger partial charge >= 0.3 is 0 Å². The molecule has 2 aromatic heterocycles. The number of hydrogen-bond acceptors (Lipinski definition) is 8. The van der Waals surface area contributed by atoms with Gasteiger partial charge in [-0.2, -0.15) is 10.2 Å². The van der Waals surface area contributed by atoms with Crippen molar-refractivity contribution in [1.29, 1.82) is 0 Å². The van der Waals surface area contributed by atoms with Gasteiger partial charge in [-0.15, -0.1) is 17.4 Å². The Balaban J connectivity index is 1.49. The van der Waals surface area contributed by atoms with Crippen LogP contribution in [0.3, 0.4) is 0 Å². The van der Waals surface area contributed by atoms with E-state index in [1.165, 1.54) is 12.8 Å². The Morgan fingerprint density at radius 2 is 2.27 bits per heavy atom. The van der Waals surface area contributed by atoms with Crippen LogP contribution in [0, 0.1) is 12.3 Å². The minimum atomic E-state index is -0.317. The van der Waals surface area contributed by atoms with E-state index in [-0.39, 0.29) is 11.7 Å². The predicted molar refractivity (Wildman–Crippen MR) is 92.0 cm³/mol. The highest BCUT2D eigenvalue weighted by Crippen LogP contribution is 2.40. The van der Waals surface area contributed by atoms with E-state index in [0.717, 1.165) is 37.1 Å². The van der Waals surface area contributed by atoms with E-state index in [1.54, 1.807) is 4.68 Å². The van der Waals surface area contributed by atoms with Gasteiger partial charge in [-0.05, 0) is 23.3 Å². The molecule has 1 unspecified atom stereocenters. The summed E-state index contributed by atoms with van der Waals surface area (Å²) in [7, 11) is 1.83. The molecule has 1 N–H and O–H groups in total. The van der Waals surface area contributed by atoms with Gasteiger partial charge in [-0.25, -0.2) is 9.67 Å². The summed E-state index contributed by atoms with van der Waals surface area (Å²) in [5.74, 6) is 4.75. The number of aryl methyl sites for hydroxylation is 1. The first-order chi connectivity index (χ1) is 12.7. The molecule has 4 rings (SSSR count). The van der Waals surface area contributed by atoms with Crippen LogP contribution in [0.5, 0.6) is 0 Å². The maximum atomic E-state index is 5.71. The molecule has 2 aliphatic rings. The zero-order valence-electron chi connectivity index (χ0n) is 14.8. The van der Waals surface area contributed by atoms with Crippen molar-refractivity contribution in [3.05, 3.63) is 23.7 Å². The van der Waals surface area contributed by atoms with Crippen molar-refractivity contribution < 1.29 is 4.42 Å². The SMILES string of the molecule is C#CCCC1(CCNC(c2ncoc2C2CCC2)c2nnnn2C)N=N1. The lowest BCUT2D eigenvalue weighted by atomic mass is 9.82. The van der Waals surface area contributed by atoms with Crippen LogP contribution in [-0.2, 0) is 7.05 Å². The van der Waals surface area contributed by atoms with Crippen LogP contribution in [0.25, 0.3) is 0 Å². The molecule has 0 bridgehead atoms. The van der Waals surface area contributed by atoms with Crippen molar-refractivity contribution in [1.82, 2.24) is 30.5 Å². The van der Waals surface area contributed by atoms with Crippen LogP contribution in [0.4, 0.5) is 0 Å². The molecule has 1 saturated carbocycles. The molecule has 2 aromatic rings. The van der Waals surface area contributed by atoms with Gasteiger partial charge in [0.25, 0.3) is 0 Å². The second kappa shape index (κ2) is 6.96. The average Bonchev–Trinajstić information content (AvgIpc) is 2.98. The third-order valence-corrected chi connectivity index (χ3v) is 5.21. The first kappa shape index (κ1) is 16.8. The maximum Gasteiger partial charge on any atom is 0.193 e. The van der Waals surface area contributed by atoms with Crippen molar-refractivity contribution in [2.45, 2.75) is 56.1 Å². The summed E-state index contributed by atoms with van der Waals surface area (Å²) in [6.45, 7) is 0.700. The standard InChI is InChI=1S/C17H22N8O/c1-3-4-8-17(21-22-17)9-10-18-14(16-20-23-24-25(16)2)13-15(26-11-19-13)12-6-5-7-12/h1,11-12,14,18H,4-10H2,2H3. The molecule has 0 amide bonds. The van der Waals surface area contributed by atoms with Gasteiger partial charge in [0, 0.05) is 38.8 Å². The van der Waals surface area contributed by atoms with Gasteiger partial charge in [-0.1, -0.05) is 6.42 Å². The Bertz CT molecular complexity index is 822. The highest BCUT2D eigenvalue weighted by Gasteiger charge is 2.39. The summed E-state index contributed by atoms with van der Waals surface area (Å²) in [5, 5.41) is 23.8. The van der Waals surface area contributed by atoms with E-state index in [4.69, 9.17) is 10.8 Å². The van der Waals surface area contributed by atoms with Gasteiger partial charge in [0.05, 0.1) is 0 Å². The molecule has 0 saturated heterocycles. The van der Waals surface area contributed by atoms with Crippen molar-refractivity contribution >= 4 is 0 Å². The minimum absolute atomic E-state index is 0.229. The summed E-state index contributed by atoms with van der Waals surface area (Å²) in [6, 6.07) is -0.229. The van der Waals surface area contributed by atoms with Gasteiger partial charge in [0.2, 0.25) is 0 Å². The second-order valence-electron chi connectivity index (χ2n) is 6.91. The summed E-state index contributed by atoms with van der Waals surface area (Å²) in [5.41, 5.74) is 0.554. The molecule has 1 fully saturated rings. The van der Waals surface area contributed by atoms with E-state index < -0.39 is 0 Å². The van der Waals surface area contributed by atoms with Crippen molar-refractivity contribution in [2.75, 3.05) is 6.54 Å². The Kier molecular flexibility index (Phi) is 4.51. The average molecular weight is 354 g/mol. The van der Waals surface area contributed by atoms with Crippen LogP contribution in [0.15, 0.2) is 21.0 Å². The molecule has 26 heavy (non-hydrogen) atoms. The second-order valence-corrected chi connectivity index (χ2v) is 6.91. The molecule has 1 aliphatic heterocycles. The number of nitrogens with one attached hydrogen (secondary N) is 1. The van der Waals surface area contributed by atoms with Crippen molar-refractivity contribution in [2.24, 2.45) is 17.3 Å². The molecule has 3 heterocycles. The Morgan fingerprint density at radius 1 is 1.42 bits per heavy atom. The quantitative estimate of drug-likeness (QED) is 0.691. The van der Waals surface area contributed by atoms with E-state index in [2.05, 4.69) is 42.0 Å². The van der Waals surface area contributed by atoms with E-state index in [0.29, 0.717) is 24.7 Å². The summed E-state index contributed by atoms with van der Waals surface area (Å²) < 4.78 is 7.38. The molecule has 9 nitrogen and oxygen atoms in total. The Hall–Kier alpha value is -2.60. The molecular weight excluding hydrogens is 332 g/mol. The first-order valence-corrected chi connectivity index (χ1v) is 8.99. The lowest BCUT2D eigenvalue weighted by Crippen LogP contribution is -2.30. The fourth-order valence-corrected chi connectivity index (χ4v) is 3.33. The van der Waals surface area contributed by atoms with Crippen LogP contribution < -0.4 is 5.32 Å². The highest BCUT2D eigenvalue weighted by atomic mass is 16.3. The third-order valence-electron chi connectivity index (χ3n) is 5.21. The number of aromatic nitrogens is 5. The van der Waals surface area contributed by atoms with Gasteiger partial charge < -0.3 is 9.73 Å². The molecule has 1 aliphatic carbocycles. The minimum Gasteiger partial charge on any atom is -0.448 e. The van der Waals surface area contributed by atoms with E-state index in [9.17, 15) is 0 Å². The molecule has 0 aromatic carbocycles. The van der Waals surface area contributed by atoms with Crippen LogP contribution >= 0.6 is 0 Å². The molecule has 0 radical (unpaired) electrons. The number of hydrogen-bond donors (Lipinski definition) is 1. The Labute approximate surface area is 151 Å². The summed E-state index contributed by atoms with van der Waals surface area (Å²) in [6.07, 6.45) is 12.6. The third kappa shape index (κ3) is 3.24. The number of rotatable bonds is 9. The van der Waals surface area contributed by atoms with Gasteiger partial charge in [-0.3, -0.25) is 0 Å². The monoisotopic (exact) mass is 354 g/mol. The number of nitrogens with zero attached hydrogens (tertiary/aromatic N) is 7. The smallest absolute Gasteiger partial charge is 0.193 e. The highest BCUT2D eigenvalue weighted by molar-refractivity contribution is 5.24. The van der Waals surface area contributed by atoms with Gasteiger partial charge in [0.15, 0.2) is 17.9 Å². The number of tetrazole rings is 1. The zero-order chi connectivity index (χ0) is 18.0. The Morgan fingerprint density at radius 3 is 2.88 bits per heavy atom. The number of terminal acetylenes is 1. The van der Waals surface area contributed by atoms with Crippen LogP contribution in [-0.4, -0.2) is 37.4 Å². The largest absolute Gasteiger partial charge is 0.448 e. The zero-order valence-corrected chi connectivity index (χ0v) is 14.8. The fraction of sp³-hybridized carbons (Fsp3) is 0.647. The molecule has 136 valence electrons. The van der Waals surface area contributed by atoms with Crippen molar-refractivity contribution in [3.63, 3.8) is 0 Å². The van der Waals surface area contributed by atoms with Crippen LogP contribution in [0.1, 0.15) is 67.8 Å². The lowest BCUT2D eigenvalue weighted by Gasteiger charge is -2.25. The van der Waals surface area contributed by atoms with Crippen molar-refractivity contribution in [3.8, 4) is 12.3 Å². The van der Waals surface area contributed by atoms with Gasteiger partial charge in [0.1, 0.15) is 17.5 Å². The predicted octanol–water partition coefficient (Wildman–Crippen LogP) is 2.11. The maximum absolute atomic E-state index is 5.71. The van der Waals surface area contributed by atoms with E-state index >= 15 is 0 Å². The molecule has 9 heteroatoms. The fourth-order valence-electron chi connectivity index (χ4n) is 3.33. The molecule has 0 spiro atoms. The molecule has 1 atom stereocenters. The van der Waals surface area contributed by atoms with E-state index in [1.807, 2.05) is 7.05 Å². The topological polar surface area (TPSA) is 106 Å². The first-order valence-electron chi connectivity index (χ1n) is 8.99. The number of oxazole rings is 1. The summed E-state index contributed by atoms with van der Waals surface area (Å²) in [4.78, 5) is 4.49. The van der Waals surface area contributed by atoms with Crippen LogP contribution in [0.2, 0.25) is 0 Å². The normalized spacial score (nSPS) is 19.1.